The van der Waals surface area contributed by atoms with Gasteiger partial charge in [0.2, 0.25) is 0 Å². The smallest absolute Gasteiger partial charge is 0.271 e. The number of nitrogens with zero attached hydrogens (tertiary/aromatic N) is 1. The number of hydrogen-bond donors (Lipinski definition) is 1. The van der Waals surface area contributed by atoms with Crippen LogP contribution in [0.25, 0.3) is 0 Å². The Morgan fingerprint density at radius 2 is 2.00 bits per heavy atom. The number of carbonyl (C=O) groups is 1. The monoisotopic (exact) mass is 328 g/mol. The molecule has 1 N–H and O–H groups in total. The summed E-state index contributed by atoms with van der Waals surface area (Å²) >= 11 is 0. The van der Waals surface area contributed by atoms with E-state index in [-0.39, 0.29) is 11.4 Å². The number of hydrogen-bond acceptors (Lipinski definition) is 5. The van der Waals surface area contributed by atoms with Gasteiger partial charge in [0.1, 0.15) is 18.1 Å². The molecule has 2 aromatic carbocycles. The minimum atomic E-state index is -0.541. The average Bonchev–Trinajstić information content (AvgIpc) is 2.60. The van der Waals surface area contributed by atoms with Gasteiger partial charge >= 0.3 is 0 Å². The second-order valence-electron chi connectivity index (χ2n) is 4.72. The molecule has 7 heteroatoms. The summed E-state index contributed by atoms with van der Waals surface area (Å²) < 4.78 is 10.5. The van der Waals surface area contributed by atoms with E-state index < -0.39 is 10.8 Å². The summed E-state index contributed by atoms with van der Waals surface area (Å²) in [5.41, 5.74) is 0.470. The predicted octanol–water partition coefficient (Wildman–Crippen LogP) is 3.42. The van der Waals surface area contributed by atoms with E-state index in [1.807, 2.05) is 0 Å². The first-order valence-corrected chi connectivity index (χ1v) is 7.02. The highest BCUT2D eigenvalue weighted by atomic mass is 16.6. The second-order valence-corrected chi connectivity index (χ2v) is 4.72. The third kappa shape index (κ3) is 4.10. The van der Waals surface area contributed by atoms with E-state index in [9.17, 15) is 14.9 Å². The van der Waals surface area contributed by atoms with Crippen LogP contribution in [0.3, 0.4) is 0 Å². The first-order valence-electron chi connectivity index (χ1n) is 7.02. The molecule has 0 heterocycles. The van der Waals surface area contributed by atoms with Gasteiger partial charge in [-0.3, -0.25) is 14.9 Å². The maximum atomic E-state index is 12.3. The number of nitro groups is 1. The van der Waals surface area contributed by atoms with Gasteiger partial charge in [-0.25, -0.2) is 0 Å². The Kier molecular flexibility index (Phi) is 5.51. The summed E-state index contributed by atoms with van der Waals surface area (Å²) in [7, 11) is 1.42. The molecule has 0 fully saturated rings. The lowest BCUT2D eigenvalue weighted by Gasteiger charge is -2.10. The minimum absolute atomic E-state index is 0.140. The molecule has 0 atom stereocenters. The van der Waals surface area contributed by atoms with Gasteiger partial charge in [-0.05, 0) is 30.3 Å². The molecule has 0 spiro atoms. The minimum Gasteiger partial charge on any atom is -0.495 e. The van der Waals surface area contributed by atoms with E-state index in [2.05, 4.69) is 11.9 Å². The third-order valence-corrected chi connectivity index (χ3v) is 3.13. The van der Waals surface area contributed by atoms with Crippen molar-refractivity contribution in [3.05, 3.63) is 70.8 Å². The van der Waals surface area contributed by atoms with Crippen molar-refractivity contribution < 1.29 is 19.2 Å². The fourth-order valence-corrected chi connectivity index (χ4v) is 1.96. The number of methoxy groups -OCH3 is 1. The second kappa shape index (κ2) is 7.77. The van der Waals surface area contributed by atoms with Crippen molar-refractivity contribution in [2.45, 2.75) is 0 Å². The molecule has 7 nitrogen and oxygen atoms in total. The molecule has 0 aliphatic heterocycles. The highest BCUT2D eigenvalue weighted by molar-refractivity contribution is 6.05. The van der Waals surface area contributed by atoms with Crippen molar-refractivity contribution in [3.8, 4) is 11.5 Å². The Bertz CT molecular complexity index is 756. The number of ether oxygens (including phenoxy) is 2. The summed E-state index contributed by atoms with van der Waals surface area (Å²) in [6, 6.07) is 10.5. The molecule has 0 radical (unpaired) electrons. The molecular weight excluding hydrogens is 312 g/mol. The highest BCUT2D eigenvalue weighted by Crippen LogP contribution is 2.29. The molecule has 0 aromatic heterocycles. The molecule has 0 unspecified atom stereocenters. The van der Waals surface area contributed by atoms with Crippen LogP contribution in [-0.2, 0) is 0 Å². The van der Waals surface area contributed by atoms with Crippen molar-refractivity contribution in [3.63, 3.8) is 0 Å². The standard InChI is InChI=1S/C17H16N2O5/c1-3-10-24-14-7-4-12(5-8-14)17(20)18-15-11-13(19(21)22)6-9-16(15)23-2/h3-9,11H,1,10H2,2H3,(H,18,20). The number of rotatable bonds is 7. The average molecular weight is 328 g/mol. The van der Waals surface area contributed by atoms with E-state index in [0.29, 0.717) is 23.7 Å². The Labute approximate surface area is 138 Å². The molecule has 2 rings (SSSR count). The van der Waals surface area contributed by atoms with Gasteiger partial charge in [0, 0.05) is 17.7 Å². The number of nitro benzene ring substituents is 1. The van der Waals surface area contributed by atoms with Gasteiger partial charge in [0.15, 0.2) is 0 Å². The number of benzene rings is 2. The van der Waals surface area contributed by atoms with E-state index in [1.54, 1.807) is 30.3 Å². The van der Waals surface area contributed by atoms with Gasteiger partial charge in [-0.1, -0.05) is 12.7 Å². The van der Waals surface area contributed by atoms with Crippen molar-refractivity contribution in [2.24, 2.45) is 0 Å². The van der Waals surface area contributed by atoms with Crippen molar-refractivity contribution in [1.82, 2.24) is 0 Å². The zero-order valence-electron chi connectivity index (χ0n) is 13.0. The topological polar surface area (TPSA) is 90.7 Å². The van der Waals surface area contributed by atoms with Crippen LogP contribution in [0.5, 0.6) is 11.5 Å². The van der Waals surface area contributed by atoms with E-state index in [4.69, 9.17) is 9.47 Å². The number of amides is 1. The van der Waals surface area contributed by atoms with Crippen LogP contribution in [0.2, 0.25) is 0 Å². The van der Waals surface area contributed by atoms with Gasteiger partial charge in [0.05, 0.1) is 17.7 Å². The fourth-order valence-electron chi connectivity index (χ4n) is 1.96. The van der Waals surface area contributed by atoms with Crippen molar-refractivity contribution >= 4 is 17.3 Å². The Morgan fingerprint density at radius 3 is 2.58 bits per heavy atom. The molecular formula is C17H16N2O5. The van der Waals surface area contributed by atoms with E-state index in [0.717, 1.165) is 0 Å². The zero-order chi connectivity index (χ0) is 17.5. The van der Waals surface area contributed by atoms with Crippen molar-refractivity contribution in [2.75, 3.05) is 19.0 Å². The largest absolute Gasteiger partial charge is 0.495 e. The first-order chi connectivity index (χ1) is 11.5. The first kappa shape index (κ1) is 17.0. The lowest BCUT2D eigenvalue weighted by Crippen LogP contribution is -2.12. The van der Waals surface area contributed by atoms with Gasteiger partial charge in [-0.15, -0.1) is 0 Å². The summed E-state index contributed by atoms with van der Waals surface area (Å²) in [6.07, 6.45) is 1.62. The maximum Gasteiger partial charge on any atom is 0.271 e. The van der Waals surface area contributed by atoms with Crippen LogP contribution >= 0.6 is 0 Å². The molecule has 0 aliphatic rings. The maximum absolute atomic E-state index is 12.3. The molecule has 0 saturated carbocycles. The summed E-state index contributed by atoms with van der Waals surface area (Å²) in [6.45, 7) is 3.93. The van der Waals surface area contributed by atoms with Gasteiger partial charge < -0.3 is 14.8 Å². The van der Waals surface area contributed by atoms with E-state index >= 15 is 0 Å². The lowest BCUT2D eigenvalue weighted by atomic mass is 10.2. The van der Waals surface area contributed by atoms with Crippen LogP contribution in [0.1, 0.15) is 10.4 Å². The molecule has 124 valence electrons. The number of non-ortho nitro benzene ring substituents is 1. The normalized spacial score (nSPS) is 9.88. The number of carbonyl (C=O) groups excluding carboxylic acids is 1. The number of nitrogens with one attached hydrogen (secondary N) is 1. The summed E-state index contributed by atoms with van der Waals surface area (Å²) in [5, 5.41) is 13.5. The quantitative estimate of drug-likeness (QED) is 0.478. The Balaban J connectivity index is 2.18. The molecule has 0 saturated heterocycles. The van der Waals surface area contributed by atoms with Crippen molar-refractivity contribution in [1.29, 1.82) is 0 Å². The predicted molar refractivity (Wildman–Crippen MR) is 89.7 cm³/mol. The SMILES string of the molecule is C=CCOc1ccc(C(=O)Nc2cc([N+](=O)[O-])ccc2OC)cc1. The van der Waals surface area contributed by atoms with Crippen LogP contribution in [0, 0.1) is 10.1 Å². The number of anilines is 1. The van der Waals surface area contributed by atoms with Crippen LogP contribution in [-0.4, -0.2) is 24.5 Å². The summed E-state index contributed by atoms with van der Waals surface area (Å²) in [5.74, 6) is 0.531. The summed E-state index contributed by atoms with van der Waals surface area (Å²) in [4.78, 5) is 22.6. The fraction of sp³-hybridized carbons (Fsp3) is 0.118. The van der Waals surface area contributed by atoms with Crippen LogP contribution < -0.4 is 14.8 Å². The zero-order valence-corrected chi connectivity index (χ0v) is 13.0. The Hall–Kier alpha value is -3.35. The molecule has 0 aliphatic carbocycles. The molecule has 2 aromatic rings. The van der Waals surface area contributed by atoms with Crippen LogP contribution in [0.4, 0.5) is 11.4 Å². The third-order valence-electron chi connectivity index (χ3n) is 3.13. The molecule has 1 amide bonds. The molecule has 0 bridgehead atoms. The van der Waals surface area contributed by atoms with Gasteiger partial charge in [0.25, 0.3) is 11.6 Å². The van der Waals surface area contributed by atoms with Gasteiger partial charge in [-0.2, -0.15) is 0 Å². The lowest BCUT2D eigenvalue weighted by molar-refractivity contribution is -0.384. The highest BCUT2D eigenvalue weighted by Gasteiger charge is 2.14. The van der Waals surface area contributed by atoms with Crippen LogP contribution in [0.15, 0.2) is 55.1 Å². The molecule has 24 heavy (non-hydrogen) atoms. The Morgan fingerprint density at radius 1 is 1.29 bits per heavy atom. The van der Waals surface area contributed by atoms with E-state index in [1.165, 1.54) is 25.3 Å².